The molecule has 1 heterocycles. The summed E-state index contributed by atoms with van der Waals surface area (Å²) >= 11 is 6.18. The van der Waals surface area contributed by atoms with Gasteiger partial charge in [0.25, 0.3) is 0 Å². The molecule has 31 heavy (non-hydrogen) atoms. The first-order chi connectivity index (χ1) is 15.1. The van der Waals surface area contributed by atoms with E-state index in [2.05, 4.69) is 4.99 Å². The molecule has 6 heteroatoms. The molecule has 0 aromatic heterocycles. The van der Waals surface area contributed by atoms with Crippen molar-refractivity contribution in [3.05, 3.63) is 100 Å². The number of carbonyl (C=O) groups excluding carboxylic acids is 1. The minimum absolute atomic E-state index is 0.229. The molecule has 3 aromatic rings. The number of rotatable bonds is 7. The summed E-state index contributed by atoms with van der Waals surface area (Å²) in [6.07, 6.45) is 1.67. The van der Waals surface area contributed by atoms with Gasteiger partial charge in [-0.25, -0.2) is 9.79 Å². The Labute approximate surface area is 185 Å². The molecule has 156 valence electrons. The van der Waals surface area contributed by atoms with Crippen LogP contribution in [0, 0.1) is 0 Å². The molecular formula is C25H20ClNO4. The lowest BCUT2D eigenvalue weighted by Gasteiger charge is -2.08. The quantitative estimate of drug-likeness (QED) is 0.356. The first kappa shape index (κ1) is 20.7. The fourth-order valence-electron chi connectivity index (χ4n) is 3.02. The molecular weight excluding hydrogens is 414 g/mol. The smallest absolute Gasteiger partial charge is 0.363 e. The summed E-state index contributed by atoms with van der Waals surface area (Å²) in [5.41, 5.74) is 2.61. The van der Waals surface area contributed by atoms with Crippen molar-refractivity contribution in [3.8, 4) is 11.5 Å². The van der Waals surface area contributed by atoms with Crippen LogP contribution in [-0.2, 0) is 16.1 Å². The maximum Gasteiger partial charge on any atom is 0.363 e. The summed E-state index contributed by atoms with van der Waals surface area (Å²) in [5.74, 6) is 1.19. The molecule has 0 saturated heterocycles. The lowest BCUT2D eigenvalue weighted by molar-refractivity contribution is -0.129. The molecule has 1 aliphatic heterocycles. The number of hydrogen-bond acceptors (Lipinski definition) is 5. The molecule has 0 aliphatic carbocycles. The van der Waals surface area contributed by atoms with Crippen LogP contribution in [0.25, 0.3) is 6.08 Å². The minimum atomic E-state index is -0.494. The molecule has 0 N–H and O–H groups in total. The van der Waals surface area contributed by atoms with Gasteiger partial charge in [-0.05, 0) is 61.0 Å². The van der Waals surface area contributed by atoms with Gasteiger partial charge >= 0.3 is 5.97 Å². The van der Waals surface area contributed by atoms with Gasteiger partial charge in [0.2, 0.25) is 5.90 Å². The minimum Gasteiger partial charge on any atom is -0.494 e. The second kappa shape index (κ2) is 9.49. The Balaban J connectivity index is 1.49. The number of nitrogens with zero attached hydrogens (tertiary/aromatic N) is 1. The van der Waals surface area contributed by atoms with Gasteiger partial charge in [0.1, 0.15) is 18.1 Å². The fraction of sp³-hybridized carbons (Fsp3) is 0.120. The summed E-state index contributed by atoms with van der Waals surface area (Å²) in [7, 11) is 0. The van der Waals surface area contributed by atoms with Crippen molar-refractivity contribution in [2.45, 2.75) is 13.5 Å². The van der Waals surface area contributed by atoms with E-state index in [0.717, 1.165) is 16.9 Å². The monoisotopic (exact) mass is 433 g/mol. The van der Waals surface area contributed by atoms with Crippen LogP contribution in [0.1, 0.15) is 23.6 Å². The van der Waals surface area contributed by atoms with Crippen LogP contribution in [0.3, 0.4) is 0 Å². The molecule has 0 atom stereocenters. The van der Waals surface area contributed by atoms with Crippen molar-refractivity contribution in [1.29, 1.82) is 0 Å². The normalized spacial score (nSPS) is 14.3. The molecule has 1 aliphatic rings. The highest BCUT2D eigenvalue weighted by molar-refractivity contribution is 6.31. The summed E-state index contributed by atoms with van der Waals surface area (Å²) in [5, 5.41) is 0.658. The van der Waals surface area contributed by atoms with Gasteiger partial charge in [-0.15, -0.1) is 0 Å². The number of esters is 1. The van der Waals surface area contributed by atoms with Crippen LogP contribution in [-0.4, -0.2) is 18.5 Å². The molecule has 0 radical (unpaired) electrons. The van der Waals surface area contributed by atoms with Crippen molar-refractivity contribution in [1.82, 2.24) is 0 Å². The van der Waals surface area contributed by atoms with E-state index in [0.29, 0.717) is 29.5 Å². The molecule has 0 unspecified atom stereocenters. The maximum absolute atomic E-state index is 12.3. The Morgan fingerprint density at radius 2 is 1.77 bits per heavy atom. The molecule has 0 fully saturated rings. The van der Waals surface area contributed by atoms with E-state index in [1.54, 1.807) is 6.08 Å². The topological polar surface area (TPSA) is 57.1 Å². The van der Waals surface area contributed by atoms with E-state index < -0.39 is 5.97 Å². The predicted molar refractivity (Wildman–Crippen MR) is 120 cm³/mol. The largest absolute Gasteiger partial charge is 0.494 e. The number of cyclic esters (lactones) is 1. The summed E-state index contributed by atoms with van der Waals surface area (Å²) in [4.78, 5) is 16.6. The van der Waals surface area contributed by atoms with Crippen molar-refractivity contribution >= 4 is 29.5 Å². The standard InChI is InChI=1S/C25H20ClNO4/c1-2-29-20-12-10-18(11-13-20)24-27-23(25(28)31-24)15-17-6-5-8-21(14-17)30-16-19-7-3-4-9-22(19)26/h3-15H,2,16H2,1H3/b23-15+. The second-order valence-electron chi connectivity index (χ2n) is 6.75. The molecule has 0 amide bonds. The second-order valence-corrected chi connectivity index (χ2v) is 7.15. The van der Waals surface area contributed by atoms with Gasteiger partial charge in [0, 0.05) is 16.1 Å². The average Bonchev–Trinajstić information content (AvgIpc) is 3.14. The molecule has 0 bridgehead atoms. The first-order valence-electron chi connectivity index (χ1n) is 9.84. The van der Waals surface area contributed by atoms with Crippen molar-refractivity contribution in [2.75, 3.05) is 6.61 Å². The Morgan fingerprint density at radius 3 is 2.55 bits per heavy atom. The summed E-state index contributed by atoms with van der Waals surface area (Å²) < 4.78 is 16.6. The zero-order valence-corrected chi connectivity index (χ0v) is 17.6. The number of ether oxygens (including phenoxy) is 3. The van der Waals surface area contributed by atoms with E-state index in [1.165, 1.54) is 0 Å². The molecule has 5 nitrogen and oxygen atoms in total. The summed E-state index contributed by atoms with van der Waals surface area (Å²) in [6.45, 7) is 2.86. The molecule has 0 spiro atoms. The van der Waals surface area contributed by atoms with Crippen LogP contribution in [0.5, 0.6) is 11.5 Å². The first-order valence-corrected chi connectivity index (χ1v) is 10.2. The lowest BCUT2D eigenvalue weighted by Crippen LogP contribution is -2.05. The van der Waals surface area contributed by atoms with Gasteiger partial charge < -0.3 is 14.2 Å². The molecule has 0 saturated carbocycles. The Kier molecular flexibility index (Phi) is 6.34. The van der Waals surface area contributed by atoms with E-state index in [-0.39, 0.29) is 11.6 Å². The third kappa shape index (κ3) is 5.13. The van der Waals surface area contributed by atoms with Crippen LogP contribution in [0.4, 0.5) is 0 Å². The number of carbonyl (C=O) groups is 1. The Bertz CT molecular complexity index is 1150. The van der Waals surface area contributed by atoms with Crippen LogP contribution >= 0.6 is 11.6 Å². The number of aliphatic imine (C=N–C) groups is 1. The highest BCUT2D eigenvalue weighted by Crippen LogP contribution is 2.23. The lowest BCUT2D eigenvalue weighted by atomic mass is 10.2. The third-order valence-electron chi connectivity index (χ3n) is 4.55. The van der Waals surface area contributed by atoms with E-state index in [1.807, 2.05) is 79.7 Å². The van der Waals surface area contributed by atoms with Crippen LogP contribution in [0.2, 0.25) is 5.02 Å². The van der Waals surface area contributed by atoms with Crippen LogP contribution < -0.4 is 9.47 Å². The zero-order chi connectivity index (χ0) is 21.6. The SMILES string of the molecule is CCOc1ccc(C2=N/C(=C/c3cccc(OCc4ccccc4Cl)c3)C(=O)O2)cc1. The van der Waals surface area contributed by atoms with Crippen molar-refractivity contribution in [3.63, 3.8) is 0 Å². The summed E-state index contributed by atoms with van der Waals surface area (Å²) in [6, 6.07) is 22.2. The van der Waals surface area contributed by atoms with Gasteiger partial charge in [-0.2, -0.15) is 0 Å². The maximum atomic E-state index is 12.3. The van der Waals surface area contributed by atoms with E-state index in [9.17, 15) is 4.79 Å². The molecule has 4 rings (SSSR count). The van der Waals surface area contributed by atoms with Crippen molar-refractivity contribution < 1.29 is 19.0 Å². The highest BCUT2D eigenvalue weighted by atomic mass is 35.5. The van der Waals surface area contributed by atoms with Gasteiger partial charge in [-0.3, -0.25) is 0 Å². The molecule has 3 aromatic carbocycles. The Morgan fingerprint density at radius 1 is 0.968 bits per heavy atom. The number of benzene rings is 3. The van der Waals surface area contributed by atoms with E-state index in [4.69, 9.17) is 25.8 Å². The fourth-order valence-corrected chi connectivity index (χ4v) is 3.21. The van der Waals surface area contributed by atoms with Gasteiger partial charge in [0.15, 0.2) is 5.70 Å². The van der Waals surface area contributed by atoms with Crippen molar-refractivity contribution in [2.24, 2.45) is 4.99 Å². The number of hydrogen-bond donors (Lipinski definition) is 0. The third-order valence-corrected chi connectivity index (χ3v) is 4.92. The Hall–Kier alpha value is -3.57. The van der Waals surface area contributed by atoms with E-state index >= 15 is 0 Å². The predicted octanol–water partition coefficient (Wildman–Crippen LogP) is 5.66. The number of halogens is 1. The van der Waals surface area contributed by atoms with Gasteiger partial charge in [0.05, 0.1) is 6.61 Å². The highest BCUT2D eigenvalue weighted by Gasteiger charge is 2.24. The zero-order valence-electron chi connectivity index (χ0n) is 16.9. The van der Waals surface area contributed by atoms with Crippen LogP contribution in [0.15, 0.2) is 83.5 Å². The average molecular weight is 434 g/mol. The van der Waals surface area contributed by atoms with Gasteiger partial charge in [-0.1, -0.05) is 41.9 Å².